The van der Waals surface area contributed by atoms with Crippen molar-refractivity contribution in [1.29, 1.82) is 0 Å². The Hall–Kier alpha value is -3.33. The highest BCUT2D eigenvalue weighted by molar-refractivity contribution is 6.00. The second-order valence-corrected chi connectivity index (χ2v) is 12.6. The first-order chi connectivity index (χ1) is 17.8. The van der Waals surface area contributed by atoms with Crippen LogP contribution in [0.15, 0.2) is 52.9 Å². The van der Waals surface area contributed by atoms with Gasteiger partial charge in [-0.1, -0.05) is 30.3 Å². The molecule has 0 bridgehead atoms. The van der Waals surface area contributed by atoms with E-state index in [-0.39, 0.29) is 17.6 Å². The summed E-state index contributed by atoms with van der Waals surface area (Å²) in [7, 11) is 0. The smallest absolute Gasteiger partial charge is 0.407 e. The molecular formula is C30H44N2O7. The van der Waals surface area contributed by atoms with Crippen LogP contribution in [-0.4, -0.2) is 52.6 Å². The van der Waals surface area contributed by atoms with Crippen molar-refractivity contribution in [3.05, 3.63) is 58.4 Å². The Bertz CT molecular complexity index is 1120. The first-order valence-corrected chi connectivity index (χ1v) is 13.1. The molecule has 0 aliphatic carbocycles. The number of carbonyl (C=O) groups is 3. The van der Waals surface area contributed by atoms with Crippen molar-refractivity contribution in [2.75, 3.05) is 6.61 Å². The average molecular weight is 545 g/mol. The van der Waals surface area contributed by atoms with Crippen LogP contribution in [0.3, 0.4) is 0 Å². The molecule has 1 amide bonds. The van der Waals surface area contributed by atoms with E-state index >= 15 is 0 Å². The maximum absolute atomic E-state index is 13.8. The Morgan fingerprint density at radius 1 is 0.846 bits per heavy atom. The zero-order chi connectivity index (χ0) is 29.8. The minimum absolute atomic E-state index is 0.0482. The van der Waals surface area contributed by atoms with Crippen molar-refractivity contribution in [1.82, 2.24) is 10.6 Å². The maximum atomic E-state index is 13.8. The number of carbonyl (C=O) groups excluding carboxylic acids is 3. The fourth-order valence-corrected chi connectivity index (χ4v) is 4.10. The summed E-state index contributed by atoms with van der Waals surface area (Å²) in [5.41, 5.74) is -0.224. The van der Waals surface area contributed by atoms with Gasteiger partial charge in [-0.2, -0.15) is 0 Å². The van der Waals surface area contributed by atoms with E-state index in [1.165, 1.54) is 0 Å². The highest BCUT2D eigenvalue weighted by Crippen LogP contribution is 2.41. The molecule has 1 aliphatic heterocycles. The van der Waals surface area contributed by atoms with Gasteiger partial charge in [0.25, 0.3) is 0 Å². The number of aliphatic hydroxyl groups is 1. The summed E-state index contributed by atoms with van der Waals surface area (Å²) < 4.78 is 16.9. The van der Waals surface area contributed by atoms with Gasteiger partial charge in [0.2, 0.25) is 0 Å². The van der Waals surface area contributed by atoms with E-state index in [1.54, 1.807) is 69.2 Å². The van der Waals surface area contributed by atoms with Gasteiger partial charge < -0.3 is 30.0 Å². The Labute approximate surface area is 232 Å². The van der Waals surface area contributed by atoms with E-state index in [4.69, 9.17) is 14.2 Å². The lowest BCUT2D eigenvalue weighted by molar-refractivity contribution is -0.150. The number of allylic oxidation sites excluding steroid dienone is 1. The summed E-state index contributed by atoms with van der Waals surface area (Å²) in [6.45, 7) is 17.1. The lowest BCUT2D eigenvalue weighted by Gasteiger charge is -2.35. The van der Waals surface area contributed by atoms with E-state index in [0.717, 1.165) is 0 Å². The van der Waals surface area contributed by atoms with Gasteiger partial charge in [0, 0.05) is 17.8 Å². The predicted molar refractivity (Wildman–Crippen MR) is 149 cm³/mol. The second-order valence-electron chi connectivity index (χ2n) is 12.6. The normalized spacial score (nSPS) is 17.3. The number of dihydropyridines is 1. The summed E-state index contributed by atoms with van der Waals surface area (Å²) in [5.74, 6) is -2.00. The molecule has 3 N–H and O–H groups in total. The number of hydrogen-bond acceptors (Lipinski definition) is 8. The third kappa shape index (κ3) is 9.73. The lowest BCUT2D eigenvalue weighted by atomic mass is 9.79. The molecule has 2 rings (SSSR count). The number of hydrogen-bond donors (Lipinski definition) is 3. The fraction of sp³-hybridized carbons (Fsp3) is 0.567. The quantitative estimate of drug-likeness (QED) is 0.329. The van der Waals surface area contributed by atoms with Gasteiger partial charge in [-0.05, 0) is 74.8 Å². The Balaban J connectivity index is 2.67. The van der Waals surface area contributed by atoms with Crippen LogP contribution in [-0.2, 0) is 23.8 Å². The molecule has 2 atom stereocenters. The molecule has 0 saturated heterocycles. The van der Waals surface area contributed by atoms with E-state index < -0.39 is 53.4 Å². The monoisotopic (exact) mass is 544 g/mol. The Morgan fingerprint density at radius 2 is 1.33 bits per heavy atom. The molecule has 9 heteroatoms. The molecule has 1 aliphatic rings. The lowest BCUT2D eigenvalue weighted by Crippen LogP contribution is -2.43. The number of aliphatic hydroxyl groups excluding tert-OH is 1. The van der Waals surface area contributed by atoms with Gasteiger partial charge in [0.05, 0.1) is 29.7 Å². The fourth-order valence-electron chi connectivity index (χ4n) is 4.10. The van der Waals surface area contributed by atoms with Gasteiger partial charge in [-0.25, -0.2) is 14.4 Å². The summed E-state index contributed by atoms with van der Waals surface area (Å²) >= 11 is 0. The number of ether oxygens (including phenoxy) is 3. The maximum Gasteiger partial charge on any atom is 0.407 e. The van der Waals surface area contributed by atoms with E-state index in [1.807, 2.05) is 30.3 Å². The third-order valence-corrected chi connectivity index (χ3v) is 5.41. The molecule has 0 saturated carbocycles. The number of benzene rings is 1. The minimum atomic E-state index is -0.816. The highest BCUT2D eigenvalue weighted by Gasteiger charge is 2.41. The topological polar surface area (TPSA) is 123 Å². The molecule has 0 radical (unpaired) electrons. The van der Waals surface area contributed by atoms with Crippen LogP contribution in [0.25, 0.3) is 0 Å². The number of rotatable bonds is 7. The molecule has 39 heavy (non-hydrogen) atoms. The first-order valence-electron chi connectivity index (χ1n) is 13.1. The van der Waals surface area contributed by atoms with Crippen LogP contribution in [0.2, 0.25) is 0 Å². The van der Waals surface area contributed by atoms with Crippen molar-refractivity contribution in [3.63, 3.8) is 0 Å². The number of nitrogens with one attached hydrogen (secondary N) is 2. The van der Waals surface area contributed by atoms with Crippen molar-refractivity contribution in [2.45, 2.75) is 104 Å². The van der Waals surface area contributed by atoms with Crippen LogP contribution >= 0.6 is 0 Å². The van der Waals surface area contributed by atoms with Crippen molar-refractivity contribution >= 4 is 18.0 Å². The van der Waals surface area contributed by atoms with Gasteiger partial charge >= 0.3 is 18.0 Å². The molecule has 1 aromatic rings. The van der Waals surface area contributed by atoms with Gasteiger partial charge in [0.15, 0.2) is 0 Å². The largest absolute Gasteiger partial charge is 0.457 e. The summed E-state index contributed by atoms with van der Waals surface area (Å²) in [6, 6.07) is 8.38. The van der Waals surface area contributed by atoms with Crippen molar-refractivity contribution in [3.8, 4) is 0 Å². The third-order valence-electron chi connectivity index (χ3n) is 5.41. The number of esters is 2. The Morgan fingerprint density at radius 3 is 1.79 bits per heavy atom. The van der Waals surface area contributed by atoms with Crippen molar-refractivity contribution < 1.29 is 33.7 Å². The summed E-state index contributed by atoms with van der Waals surface area (Å²) in [4.78, 5) is 39.7. The molecule has 9 nitrogen and oxygen atoms in total. The highest BCUT2D eigenvalue weighted by atomic mass is 16.6. The van der Waals surface area contributed by atoms with Crippen molar-refractivity contribution in [2.24, 2.45) is 0 Å². The number of alkyl carbamates (subject to hydrolysis) is 1. The van der Waals surface area contributed by atoms with E-state index in [9.17, 15) is 19.5 Å². The summed E-state index contributed by atoms with van der Waals surface area (Å²) in [6.07, 6.45) is -0.648. The van der Waals surface area contributed by atoms with Crippen LogP contribution in [0.1, 0.15) is 87.1 Å². The molecule has 0 spiro atoms. The first kappa shape index (κ1) is 31.9. The Kier molecular flexibility index (Phi) is 10.0. The van der Waals surface area contributed by atoms with Crippen LogP contribution in [0.4, 0.5) is 4.79 Å². The van der Waals surface area contributed by atoms with Crippen LogP contribution < -0.4 is 10.6 Å². The van der Waals surface area contributed by atoms with Crippen LogP contribution in [0, 0.1) is 0 Å². The molecule has 1 aromatic carbocycles. The molecule has 1 heterocycles. The SMILES string of the molecule is CC1=C(C(=O)OC(C)(C)C)[C@@H](c2ccccc2)C(C(=O)OC(C)(C)C)=C(C[C@@H](CO)NC(=O)OC(C)(C)C)N1. The second kappa shape index (κ2) is 12.2. The van der Waals surface area contributed by atoms with Gasteiger partial charge in [-0.3, -0.25) is 0 Å². The van der Waals surface area contributed by atoms with E-state index in [2.05, 4.69) is 10.6 Å². The molecule has 0 fully saturated rings. The molecular weight excluding hydrogens is 500 g/mol. The summed E-state index contributed by atoms with van der Waals surface area (Å²) in [5, 5.41) is 16.0. The zero-order valence-electron chi connectivity index (χ0n) is 24.9. The standard InChI is InChI=1S/C30H44N2O7/c1-18-22(25(34)37-28(2,3)4)23(19-14-12-11-13-15-19)24(26(35)38-29(5,6)7)21(31-18)16-20(17-33)32-27(36)39-30(8,9)10/h11-15,20,23,31,33H,16-17H2,1-10H3,(H,32,36)/t20-,23+/m0/s1. The zero-order valence-corrected chi connectivity index (χ0v) is 24.9. The average Bonchev–Trinajstić information content (AvgIpc) is 2.74. The minimum Gasteiger partial charge on any atom is -0.457 e. The van der Waals surface area contributed by atoms with Gasteiger partial charge in [-0.15, -0.1) is 0 Å². The predicted octanol–water partition coefficient (Wildman–Crippen LogP) is 4.86. The number of amides is 1. The molecule has 216 valence electrons. The van der Waals surface area contributed by atoms with Gasteiger partial charge in [0.1, 0.15) is 16.8 Å². The molecule has 0 aromatic heterocycles. The van der Waals surface area contributed by atoms with Crippen LogP contribution in [0.5, 0.6) is 0 Å². The van der Waals surface area contributed by atoms with E-state index in [0.29, 0.717) is 17.0 Å². The molecule has 0 unspecified atom stereocenters.